The molecule has 1 amide bonds. The molecule has 242 valence electrons. The quantitative estimate of drug-likeness (QED) is 0.148. The Labute approximate surface area is 265 Å². The molecule has 1 aliphatic rings. The molecule has 0 saturated carbocycles. The van der Waals surface area contributed by atoms with Crippen molar-refractivity contribution < 1.29 is 36.6 Å². The second-order valence-electron chi connectivity index (χ2n) is 10.6. The fourth-order valence-corrected chi connectivity index (χ4v) is 5.58. The zero-order valence-corrected chi connectivity index (χ0v) is 26.3. The number of hydrogen-bond donors (Lipinski definition) is 0. The summed E-state index contributed by atoms with van der Waals surface area (Å²) in [4.78, 5) is 32.1. The van der Waals surface area contributed by atoms with E-state index in [0.717, 1.165) is 44.4 Å². The van der Waals surface area contributed by atoms with Crippen molar-refractivity contribution in [2.75, 3.05) is 51.5 Å². The fraction of sp³-hybridized carbons (Fsp3) is 0.394. The zero-order valence-electron chi connectivity index (χ0n) is 25.6. The maximum Gasteiger partial charge on any atom is 0.416 e. The summed E-state index contributed by atoms with van der Waals surface area (Å²) in [5, 5.41) is 0.0866. The van der Waals surface area contributed by atoms with E-state index in [4.69, 9.17) is 21.1 Å². The summed E-state index contributed by atoms with van der Waals surface area (Å²) in [7, 11) is 1.27. The summed E-state index contributed by atoms with van der Waals surface area (Å²) in [5.74, 6) is -2.10. The van der Waals surface area contributed by atoms with Crippen molar-refractivity contribution in [3.63, 3.8) is 0 Å². The predicted octanol–water partition coefficient (Wildman–Crippen LogP) is 6.91. The molecule has 0 radical (unpaired) electrons. The van der Waals surface area contributed by atoms with Gasteiger partial charge in [0, 0.05) is 35.8 Å². The van der Waals surface area contributed by atoms with Crippen molar-refractivity contribution in [3.05, 3.63) is 93.5 Å². The molecule has 12 heteroatoms. The topological polar surface area (TPSA) is 62.3 Å². The molecule has 0 fully saturated rings. The Morgan fingerprint density at radius 2 is 1.62 bits per heavy atom. The van der Waals surface area contributed by atoms with Gasteiger partial charge in [-0.3, -0.25) is 14.6 Å². The van der Waals surface area contributed by atoms with E-state index in [0.29, 0.717) is 23.6 Å². The summed E-state index contributed by atoms with van der Waals surface area (Å²) in [6.45, 7) is 10.5. The van der Waals surface area contributed by atoms with Crippen molar-refractivity contribution >= 4 is 29.2 Å². The van der Waals surface area contributed by atoms with Crippen molar-refractivity contribution in [2.24, 2.45) is 0 Å². The third-order valence-corrected chi connectivity index (χ3v) is 8.26. The Morgan fingerprint density at radius 1 is 0.933 bits per heavy atom. The van der Waals surface area contributed by atoms with Gasteiger partial charge in [-0.05, 0) is 67.7 Å². The molecule has 0 saturated heterocycles. The van der Waals surface area contributed by atoms with E-state index < -0.39 is 36.0 Å². The minimum Gasteiger partial charge on any atom is -0.496 e. The van der Waals surface area contributed by atoms with Gasteiger partial charge in [0.1, 0.15) is 5.75 Å². The number of benzene rings is 3. The van der Waals surface area contributed by atoms with Gasteiger partial charge in [-0.1, -0.05) is 50.6 Å². The molecular weight excluding hydrogens is 614 g/mol. The predicted molar refractivity (Wildman–Crippen MR) is 164 cm³/mol. The molecule has 4 rings (SSSR count). The lowest BCUT2D eigenvalue weighted by Crippen LogP contribution is -2.40. The van der Waals surface area contributed by atoms with Gasteiger partial charge in [0.2, 0.25) is 5.67 Å². The molecule has 1 heterocycles. The molecule has 1 atom stereocenters. The summed E-state index contributed by atoms with van der Waals surface area (Å²) in [6, 6.07) is 13.0. The van der Waals surface area contributed by atoms with Crippen LogP contribution in [-0.4, -0.2) is 68.2 Å². The number of esters is 1. The van der Waals surface area contributed by atoms with Gasteiger partial charge in [-0.15, -0.1) is 0 Å². The molecule has 1 aliphatic heterocycles. The standard InChI is InChI=1S/C33H36ClF4N3O4/c1-5-39(6-2)15-16-40(7-3)20-22-9-8-10-23(17-22)30(42)45-21-41-28-18-24(33(36,37)38)11-13-26(28)32(35,31(41)43)27-19-25(34)12-14-29(27)44-4/h8-14,17-19H,5-7,15-16,20-21H2,1-4H3/t32-/m0/s1. The Morgan fingerprint density at radius 3 is 2.27 bits per heavy atom. The van der Waals surface area contributed by atoms with Crippen LogP contribution in [-0.2, 0) is 27.9 Å². The van der Waals surface area contributed by atoms with Crippen LogP contribution >= 0.6 is 11.6 Å². The number of halogens is 5. The highest BCUT2D eigenvalue weighted by Crippen LogP contribution is 2.51. The third-order valence-electron chi connectivity index (χ3n) is 8.03. The highest BCUT2D eigenvalue weighted by Gasteiger charge is 2.55. The first-order chi connectivity index (χ1) is 21.4. The van der Waals surface area contributed by atoms with Crippen molar-refractivity contribution in [2.45, 2.75) is 39.2 Å². The number of ether oxygens (including phenoxy) is 2. The Kier molecular flexibility index (Phi) is 10.8. The van der Waals surface area contributed by atoms with Crippen molar-refractivity contribution in [3.8, 4) is 5.75 Å². The first-order valence-electron chi connectivity index (χ1n) is 14.6. The second-order valence-corrected chi connectivity index (χ2v) is 11.1. The van der Waals surface area contributed by atoms with Gasteiger partial charge in [0.05, 0.1) is 23.9 Å². The van der Waals surface area contributed by atoms with E-state index in [1.165, 1.54) is 31.4 Å². The normalized spacial score (nSPS) is 16.4. The third kappa shape index (κ3) is 7.26. The van der Waals surface area contributed by atoms with E-state index in [9.17, 15) is 22.8 Å². The largest absolute Gasteiger partial charge is 0.496 e. The Bertz CT molecular complexity index is 1530. The number of anilines is 1. The van der Waals surface area contributed by atoms with Crippen molar-refractivity contribution in [1.82, 2.24) is 9.80 Å². The molecule has 0 N–H and O–H groups in total. The maximum absolute atomic E-state index is 17.0. The van der Waals surface area contributed by atoms with Crippen LogP contribution in [0.1, 0.15) is 53.4 Å². The SMILES string of the molecule is CCN(CC)CCN(CC)Cc1cccc(C(=O)OCN2C(=O)[C@@](F)(c3cc(Cl)ccc3OC)c3ccc(C(F)(F)F)cc32)c1. The molecule has 7 nitrogen and oxygen atoms in total. The van der Waals surface area contributed by atoms with Crippen LogP contribution in [0.5, 0.6) is 5.75 Å². The van der Waals surface area contributed by atoms with Crippen LogP contribution in [0, 0.1) is 0 Å². The van der Waals surface area contributed by atoms with Gasteiger partial charge in [-0.25, -0.2) is 9.18 Å². The first kappa shape index (κ1) is 34.2. The first-order valence-corrected chi connectivity index (χ1v) is 15.0. The number of fused-ring (bicyclic) bond motifs is 1. The zero-order chi connectivity index (χ0) is 32.9. The second kappa shape index (κ2) is 14.2. The summed E-state index contributed by atoms with van der Waals surface area (Å²) < 4.78 is 68.6. The number of amides is 1. The number of hydrogen-bond acceptors (Lipinski definition) is 6. The van der Waals surface area contributed by atoms with Gasteiger partial charge < -0.3 is 14.4 Å². The number of alkyl halides is 4. The number of rotatable bonds is 13. The number of carbonyl (C=O) groups is 2. The van der Waals surface area contributed by atoms with Crippen LogP contribution in [0.15, 0.2) is 60.7 Å². The van der Waals surface area contributed by atoms with E-state index in [1.54, 1.807) is 12.1 Å². The lowest BCUT2D eigenvalue weighted by molar-refractivity contribution is -0.137. The number of likely N-dealkylation sites (N-methyl/N-ethyl adjacent to an activating group) is 2. The minimum absolute atomic E-state index is 0.0324. The fourth-order valence-electron chi connectivity index (χ4n) is 5.40. The van der Waals surface area contributed by atoms with Crippen LogP contribution in [0.25, 0.3) is 0 Å². The molecule has 0 aliphatic carbocycles. The molecule has 3 aromatic carbocycles. The van der Waals surface area contributed by atoms with Gasteiger partial charge in [0.25, 0.3) is 5.91 Å². The summed E-state index contributed by atoms with van der Waals surface area (Å²) in [5.41, 5.74) is -4.04. The van der Waals surface area contributed by atoms with E-state index in [1.807, 2.05) is 6.07 Å². The molecule has 45 heavy (non-hydrogen) atoms. The number of carbonyl (C=O) groups excluding carboxylic acids is 2. The van der Waals surface area contributed by atoms with Crippen LogP contribution in [0.3, 0.4) is 0 Å². The Balaban J connectivity index is 1.59. The van der Waals surface area contributed by atoms with Gasteiger partial charge in [-0.2, -0.15) is 13.2 Å². The Hall–Kier alpha value is -3.67. The number of methoxy groups -OCH3 is 1. The lowest BCUT2D eigenvalue weighted by Gasteiger charge is -2.25. The molecule has 3 aromatic rings. The minimum atomic E-state index is -4.77. The van der Waals surface area contributed by atoms with E-state index >= 15 is 4.39 Å². The van der Waals surface area contributed by atoms with Crippen LogP contribution in [0.2, 0.25) is 5.02 Å². The van der Waals surface area contributed by atoms with Crippen LogP contribution < -0.4 is 9.64 Å². The average molecular weight is 650 g/mol. The van der Waals surface area contributed by atoms with Gasteiger partial charge >= 0.3 is 12.1 Å². The van der Waals surface area contributed by atoms with E-state index in [-0.39, 0.29) is 33.1 Å². The highest BCUT2D eigenvalue weighted by molar-refractivity contribution is 6.30. The molecular formula is C33H36ClF4N3O4. The maximum atomic E-state index is 17.0. The molecule has 0 spiro atoms. The summed E-state index contributed by atoms with van der Waals surface area (Å²) in [6.07, 6.45) is -4.77. The highest BCUT2D eigenvalue weighted by atomic mass is 35.5. The van der Waals surface area contributed by atoms with Crippen LogP contribution in [0.4, 0.5) is 23.2 Å². The summed E-state index contributed by atoms with van der Waals surface area (Å²) >= 11 is 6.11. The molecule has 0 aromatic heterocycles. The molecule has 0 unspecified atom stereocenters. The number of nitrogens with zero attached hydrogens (tertiary/aromatic N) is 3. The smallest absolute Gasteiger partial charge is 0.416 e. The average Bonchev–Trinajstić information content (AvgIpc) is 3.24. The molecule has 0 bridgehead atoms. The van der Waals surface area contributed by atoms with Crippen molar-refractivity contribution in [1.29, 1.82) is 0 Å². The monoisotopic (exact) mass is 649 g/mol. The van der Waals surface area contributed by atoms with Gasteiger partial charge in [0.15, 0.2) is 6.73 Å². The lowest BCUT2D eigenvalue weighted by atomic mass is 9.88. The van der Waals surface area contributed by atoms with E-state index in [2.05, 4.69) is 30.6 Å².